The van der Waals surface area contributed by atoms with Crippen molar-refractivity contribution in [1.82, 2.24) is 5.32 Å². The average Bonchev–Trinajstić information content (AvgIpc) is 2.27. The molecule has 0 radical (unpaired) electrons. The fourth-order valence-corrected chi connectivity index (χ4v) is 2.75. The van der Waals surface area contributed by atoms with Crippen LogP contribution in [0.4, 0.5) is 0 Å². The Morgan fingerprint density at radius 2 is 1.94 bits per heavy atom. The number of rotatable bonds is 6. The fraction of sp³-hybridized carbons (Fsp3) is 1.00. The second kappa shape index (κ2) is 6.58. The van der Waals surface area contributed by atoms with Crippen LogP contribution in [-0.2, 0) is 0 Å². The summed E-state index contributed by atoms with van der Waals surface area (Å²) in [7, 11) is 0. The van der Waals surface area contributed by atoms with Crippen LogP contribution in [0.25, 0.3) is 0 Å². The molecule has 0 saturated heterocycles. The summed E-state index contributed by atoms with van der Waals surface area (Å²) >= 11 is 0. The number of hydrogen-bond acceptors (Lipinski definition) is 3. The van der Waals surface area contributed by atoms with E-state index < -0.39 is 11.7 Å². The molecule has 1 aliphatic rings. The zero-order valence-electron chi connectivity index (χ0n) is 10.7. The van der Waals surface area contributed by atoms with Crippen LogP contribution >= 0.6 is 0 Å². The molecule has 3 N–H and O–H groups in total. The molecule has 0 amide bonds. The van der Waals surface area contributed by atoms with Crippen LogP contribution in [0.3, 0.4) is 0 Å². The smallest absolute Gasteiger partial charge is 0.0691 e. The number of hydrogen-bond donors (Lipinski definition) is 3. The Hall–Kier alpha value is -0.120. The van der Waals surface area contributed by atoms with Gasteiger partial charge in [0.1, 0.15) is 0 Å². The summed E-state index contributed by atoms with van der Waals surface area (Å²) in [5.41, 5.74) is -0.699. The van der Waals surface area contributed by atoms with Crippen molar-refractivity contribution in [3.8, 4) is 0 Å². The van der Waals surface area contributed by atoms with Gasteiger partial charge in [-0.3, -0.25) is 0 Å². The minimum atomic E-state index is -0.699. The average molecular weight is 229 g/mol. The molecule has 16 heavy (non-hydrogen) atoms. The molecule has 1 rings (SSSR count). The topological polar surface area (TPSA) is 52.5 Å². The summed E-state index contributed by atoms with van der Waals surface area (Å²) < 4.78 is 0. The molecule has 0 aliphatic heterocycles. The van der Waals surface area contributed by atoms with E-state index in [0.717, 1.165) is 19.4 Å². The van der Waals surface area contributed by atoms with Crippen molar-refractivity contribution in [3.05, 3.63) is 0 Å². The first-order chi connectivity index (χ1) is 7.56. The first-order valence-corrected chi connectivity index (χ1v) is 6.67. The number of aliphatic hydroxyl groups is 2. The van der Waals surface area contributed by atoms with Crippen LogP contribution < -0.4 is 5.32 Å². The molecular formula is C13H27NO2. The molecule has 0 spiro atoms. The second-order valence-electron chi connectivity index (χ2n) is 5.36. The first kappa shape index (κ1) is 13.9. The van der Waals surface area contributed by atoms with Crippen molar-refractivity contribution in [2.24, 2.45) is 5.92 Å². The van der Waals surface area contributed by atoms with Crippen molar-refractivity contribution in [3.63, 3.8) is 0 Å². The third-order valence-corrected chi connectivity index (χ3v) is 3.76. The van der Waals surface area contributed by atoms with E-state index in [-0.39, 0.29) is 0 Å². The molecule has 0 aromatic carbocycles. The summed E-state index contributed by atoms with van der Waals surface area (Å²) in [6.07, 6.45) is 6.03. The molecule has 1 saturated carbocycles. The van der Waals surface area contributed by atoms with E-state index in [2.05, 4.69) is 5.32 Å². The standard InChI is InChI=1S/C13H27NO2/c1-3-14-10-12(15)9-13(2,16)11-7-5-4-6-8-11/h11-12,14-16H,3-10H2,1-2H3/t12-,13-/m0/s1. The van der Waals surface area contributed by atoms with E-state index in [1.807, 2.05) is 13.8 Å². The molecule has 0 heterocycles. The van der Waals surface area contributed by atoms with Gasteiger partial charge in [0, 0.05) is 13.0 Å². The number of likely N-dealkylation sites (N-methyl/N-ethyl adjacent to an activating group) is 1. The molecule has 3 heteroatoms. The third-order valence-electron chi connectivity index (χ3n) is 3.76. The largest absolute Gasteiger partial charge is 0.392 e. The van der Waals surface area contributed by atoms with E-state index >= 15 is 0 Å². The SMILES string of the molecule is CCNC[C@@H](O)C[C@](C)(O)C1CCCCC1. The van der Waals surface area contributed by atoms with Crippen LogP contribution in [0.2, 0.25) is 0 Å². The normalized spacial score (nSPS) is 24.0. The van der Waals surface area contributed by atoms with Gasteiger partial charge >= 0.3 is 0 Å². The van der Waals surface area contributed by atoms with Gasteiger partial charge in [-0.25, -0.2) is 0 Å². The maximum absolute atomic E-state index is 10.4. The summed E-state index contributed by atoms with van der Waals surface area (Å²) in [4.78, 5) is 0. The summed E-state index contributed by atoms with van der Waals surface area (Å²) in [6.45, 7) is 5.35. The zero-order chi connectivity index (χ0) is 12.0. The van der Waals surface area contributed by atoms with Gasteiger partial charge in [0.25, 0.3) is 0 Å². The predicted molar refractivity (Wildman–Crippen MR) is 66.4 cm³/mol. The van der Waals surface area contributed by atoms with Crippen molar-refractivity contribution in [2.75, 3.05) is 13.1 Å². The van der Waals surface area contributed by atoms with Gasteiger partial charge in [0.05, 0.1) is 11.7 Å². The molecule has 1 aliphatic carbocycles. The van der Waals surface area contributed by atoms with Gasteiger partial charge < -0.3 is 15.5 Å². The number of nitrogens with one attached hydrogen (secondary N) is 1. The summed E-state index contributed by atoms with van der Waals surface area (Å²) in [6, 6.07) is 0. The highest BCUT2D eigenvalue weighted by Gasteiger charge is 2.34. The van der Waals surface area contributed by atoms with Crippen molar-refractivity contribution in [2.45, 2.75) is 64.1 Å². The van der Waals surface area contributed by atoms with Crippen LogP contribution in [0.5, 0.6) is 0 Å². The predicted octanol–water partition coefficient (Wildman–Crippen LogP) is 1.68. The molecule has 1 fully saturated rings. The molecule has 0 bridgehead atoms. The molecule has 0 aromatic heterocycles. The van der Waals surface area contributed by atoms with Crippen molar-refractivity contribution in [1.29, 1.82) is 0 Å². The number of aliphatic hydroxyl groups excluding tert-OH is 1. The molecule has 2 atom stereocenters. The molecular weight excluding hydrogens is 202 g/mol. The van der Waals surface area contributed by atoms with E-state index in [0.29, 0.717) is 18.9 Å². The van der Waals surface area contributed by atoms with Gasteiger partial charge in [0.2, 0.25) is 0 Å². The summed E-state index contributed by atoms with van der Waals surface area (Å²) in [5.74, 6) is 0.373. The molecule has 96 valence electrons. The Morgan fingerprint density at radius 3 is 2.50 bits per heavy atom. The van der Waals surface area contributed by atoms with Crippen molar-refractivity contribution >= 4 is 0 Å². The highest BCUT2D eigenvalue weighted by Crippen LogP contribution is 2.35. The van der Waals surface area contributed by atoms with Crippen LogP contribution in [0.15, 0.2) is 0 Å². The Labute approximate surface area is 99.3 Å². The summed E-state index contributed by atoms with van der Waals surface area (Å²) in [5, 5.41) is 23.4. The van der Waals surface area contributed by atoms with Gasteiger partial charge in [-0.05, 0) is 32.2 Å². The quantitative estimate of drug-likeness (QED) is 0.649. The van der Waals surface area contributed by atoms with Crippen LogP contribution in [-0.4, -0.2) is 35.0 Å². The highest BCUT2D eigenvalue weighted by molar-refractivity contribution is 4.86. The minimum absolute atomic E-state index is 0.373. The molecule has 3 nitrogen and oxygen atoms in total. The maximum Gasteiger partial charge on any atom is 0.0691 e. The Bertz CT molecular complexity index is 188. The van der Waals surface area contributed by atoms with Gasteiger partial charge in [-0.2, -0.15) is 0 Å². The van der Waals surface area contributed by atoms with E-state index in [4.69, 9.17) is 0 Å². The lowest BCUT2D eigenvalue weighted by Gasteiger charge is -2.37. The van der Waals surface area contributed by atoms with E-state index in [1.54, 1.807) is 0 Å². The lowest BCUT2D eigenvalue weighted by Crippen LogP contribution is -2.41. The van der Waals surface area contributed by atoms with E-state index in [1.165, 1.54) is 19.3 Å². The minimum Gasteiger partial charge on any atom is -0.392 e. The van der Waals surface area contributed by atoms with E-state index in [9.17, 15) is 10.2 Å². The third kappa shape index (κ3) is 4.40. The highest BCUT2D eigenvalue weighted by atomic mass is 16.3. The van der Waals surface area contributed by atoms with Gasteiger partial charge in [-0.1, -0.05) is 26.2 Å². The monoisotopic (exact) mass is 229 g/mol. The zero-order valence-corrected chi connectivity index (χ0v) is 10.7. The Balaban J connectivity index is 2.36. The Kier molecular flexibility index (Phi) is 5.73. The van der Waals surface area contributed by atoms with Gasteiger partial charge in [0.15, 0.2) is 0 Å². The molecule has 0 unspecified atom stereocenters. The first-order valence-electron chi connectivity index (χ1n) is 6.67. The fourth-order valence-electron chi connectivity index (χ4n) is 2.75. The maximum atomic E-state index is 10.4. The van der Waals surface area contributed by atoms with Gasteiger partial charge in [-0.15, -0.1) is 0 Å². The second-order valence-corrected chi connectivity index (χ2v) is 5.36. The molecule has 0 aromatic rings. The van der Waals surface area contributed by atoms with Crippen LogP contribution in [0, 0.1) is 5.92 Å². The van der Waals surface area contributed by atoms with Crippen LogP contribution in [0.1, 0.15) is 52.4 Å². The Morgan fingerprint density at radius 1 is 1.31 bits per heavy atom. The lowest BCUT2D eigenvalue weighted by molar-refractivity contribution is -0.0522. The van der Waals surface area contributed by atoms with Crippen molar-refractivity contribution < 1.29 is 10.2 Å². The lowest BCUT2D eigenvalue weighted by atomic mass is 9.75.